The van der Waals surface area contributed by atoms with Gasteiger partial charge in [-0.25, -0.2) is 9.97 Å². The standard InChI is InChI=1S/C15H19N5O2S/c1-2-12-13(23-20-19-12)15(21)17-8-11-5-6-16-14(18-11)10-4-3-7-22-9-10/h5-6,10H,2-4,7-9H2,1H3,(H,17,21). The predicted octanol–water partition coefficient (Wildman–Crippen LogP) is 1.71. The normalized spacial score (nSPS) is 17.9. The molecule has 1 atom stereocenters. The number of hydrogen-bond donors (Lipinski definition) is 1. The Morgan fingerprint density at radius 1 is 1.52 bits per heavy atom. The average molecular weight is 333 g/mol. The lowest BCUT2D eigenvalue weighted by Crippen LogP contribution is -2.24. The van der Waals surface area contributed by atoms with Crippen LogP contribution in [0.15, 0.2) is 12.3 Å². The molecule has 0 bridgehead atoms. The molecule has 0 aliphatic carbocycles. The highest BCUT2D eigenvalue weighted by Crippen LogP contribution is 2.22. The summed E-state index contributed by atoms with van der Waals surface area (Å²) in [6.45, 7) is 3.80. The van der Waals surface area contributed by atoms with Crippen molar-refractivity contribution in [2.45, 2.75) is 38.6 Å². The highest BCUT2D eigenvalue weighted by atomic mass is 32.1. The van der Waals surface area contributed by atoms with E-state index in [0.717, 1.165) is 48.2 Å². The summed E-state index contributed by atoms with van der Waals surface area (Å²) in [7, 11) is 0. The van der Waals surface area contributed by atoms with E-state index in [0.29, 0.717) is 24.4 Å². The van der Waals surface area contributed by atoms with Crippen LogP contribution in [0, 0.1) is 0 Å². The van der Waals surface area contributed by atoms with Crippen LogP contribution in [0.4, 0.5) is 0 Å². The zero-order chi connectivity index (χ0) is 16.1. The van der Waals surface area contributed by atoms with Gasteiger partial charge in [0.1, 0.15) is 10.7 Å². The van der Waals surface area contributed by atoms with Gasteiger partial charge in [0.05, 0.1) is 24.5 Å². The molecule has 1 amide bonds. The smallest absolute Gasteiger partial charge is 0.265 e. The molecule has 3 heterocycles. The molecule has 1 fully saturated rings. The van der Waals surface area contributed by atoms with Crippen molar-refractivity contribution in [3.05, 3.63) is 34.4 Å². The number of carbonyl (C=O) groups excluding carboxylic acids is 1. The Hall–Kier alpha value is -1.93. The number of amides is 1. The summed E-state index contributed by atoms with van der Waals surface area (Å²) in [6.07, 6.45) is 4.51. The molecule has 0 spiro atoms. The molecule has 2 aromatic rings. The van der Waals surface area contributed by atoms with Gasteiger partial charge in [0.15, 0.2) is 0 Å². The van der Waals surface area contributed by atoms with Crippen LogP contribution in [0.5, 0.6) is 0 Å². The van der Waals surface area contributed by atoms with E-state index in [4.69, 9.17) is 4.74 Å². The first kappa shape index (κ1) is 15.9. The Labute approximate surface area is 138 Å². The number of ether oxygens (including phenoxy) is 1. The minimum absolute atomic E-state index is 0.155. The van der Waals surface area contributed by atoms with Gasteiger partial charge in [-0.1, -0.05) is 11.4 Å². The number of hydrogen-bond acceptors (Lipinski definition) is 7. The van der Waals surface area contributed by atoms with Gasteiger partial charge in [0.25, 0.3) is 5.91 Å². The van der Waals surface area contributed by atoms with Crippen molar-refractivity contribution in [2.75, 3.05) is 13.2 Å². The summed E-state index contributed by atoms with van der Waals surface area (Å²) < 4.78 is 9.32. The number of carbonyl (C=O) groups is 1. The van der Waals surface area contributed by atoms with E-state index in [1.165, 1.54) is 0 Å². The third kappa shape index (κ3) is 3.89. The SMILES string of the molecule is CCc1nnsc1C(=O)NCc1ccnc(C2CCCOC2)n1. The molecular formula is C15H19N5O2S. The van der Waals surface area contributed by atoms with Gasteiger partial charge in [-0.15, -0.1) is 5.10 Å². The molecule has 3 rings (SSSR count). The van der Waals surface area contributed by atoms with Crippen molar-refractivity contribution in [1.29, 1.82) is 0 Å². The fourth-order valence-corrected chi connectivity index (χ4v) is 3.18. The largest absolute Gasteiger partial charge is 0.381 e. The first-order valence-corrected chi connectivity index (χ1v) is 8.54. The van der Waals surface area contributed by atoms with Crippen LogP contribution in [0.25, 0.3) is 0 Å². The second kappa shape index (κ2) is 7.56. The maximum Gasteiger partial charge on any atom is 0.265 e. The van der Waals surface area contributed by atoms with E-state index in [9.17, 15) is 4.79 Å². The Morgan fingerprint density at radius 2 is 2.43 bits per heavy atom. The highest BCUT2D eigenvalue weighted by molar-refractivity contribution is 7.08. The number of aryl methyl sites for hydroxylation is 1. The molecule has 122 valence electrons. The third-order valence-electron chi connectivity index (χ3n) is 3.78. The van der Waals surface area contributed by atoms with Crippen molar-refractivity contribution >= 4 is 17.4 Å². The number of rotatable bonds is 5. The fourth-order valence-electron chi connectivity index (χ4n) is 2.52. The Bertz CT molecular complexity index is 669. The highest BCUT2D eigenvalue weighted by Gasteiger charge is 2.19. The molecule has 2 aromatic heterocycles. The Kier molecular flexibility index (Phi) is 5.24. The summed E-state index contributed by atoms with van der Waals surface area (Å²) >= 11 is 1.12. The molecule has 0 aromatic carbocycles. The quantitative estimate of drug-likeness (QED) is 0.896. The van der Waals surface area contributed by atoms with Crippen molar-refractivity contribution in [2.24, 2.45) is 0 Å². The molecule has 8 heteroatoms. The third-order valence-corrected chi connectivity index (χ3v) is 4.55. The monoisotopic (exact) mass is 333 g/mol. The van der Waals surface area contributed by atoms with Crippen LogP contribution in [-0.4, -0.2) is 38.7 Å². The molecule has 1 aliphatic heterocycles. The molecular weight excluding hydrogens is 314 g/mol. The van der Waals surface area contributed by atoms with Crippen molar-refractivity contribution < 1.29 is 9.53 Å². The molecule has 0 radical (unpaired) electrons. The summed E-state index contributed by atoms with van der Waals surface area (Å²) in [5.41, 5.74) is 1.53. The molecule has 1 N–H and O–H groups in total. The van der Waals surface area contributed by atoms with Gasteiger partial charge in [0, 0.05) is 18.7 Å². The lowest BCUT2D eigenvalue weighted by Gasteiger charge is -2.20. The maximum absolute atomic E-state index is 12.2. The first-order chi connectivity index (χ1) is 11.3. The van der Waals surface area contributed by atoms with Crippen LogP contribution in [0.2, 0.25) is 0 Å². The molecule has 1 unspecified atom stereocenters. The minimum Gasteiger partial charge on any atom is -0.381 e. The van der Waals surface area contributed by atoms with Crippen LogP contribution in [0.3, 0.4) is 0 Å². The second-order valence-electron chi connectivity index (χ2n) is 5.41. The Balaban J connectivity index is 1.63. The van der Waals surface area contributed by atoms with Crippen molar-refractivity contribution in [1.82, 2.24) is 24.9 Å². The van der Waals surface area contributed by atoms with Crippen molar-refractivity contribution in [3.63, 3.8) is 0 Å². The van der Waals surface area contributed by atoms with Gasteiger partial charge in [0.2, 0.25) is 0 Å². The first-order valence-electron chi connectivity index (χ1n) is 7.77. The van der Waals surface area contributed by atoms with E-state index < -0.39 is 0 Å². The van der Waals surface area contributed by atoms with Gasteiger partial charge in [-0.2, -0.15) is 0 Å². The lowest BCUT2D eigenvalue weighted by atomic mass is 10.0. The number of nitrogens with zero attached hydrogens (tertiary/aromatic N) is 4. The van der Waals surface area contributed by atoms with Gasteiger partial charge < -0.3 is 10.1 Å². The predicted molar refractivity (Wildman–Crippen MR) is 85.3 cm³/mol. The maximum atomic E-state index is 12.2. The van der Waals surface area contributed by atoms with Gasteiger partial charge in [-0.05, 0) is 36.9 Å². The zero-order valence-electron chi connectivity index (χ0n) is 13.0. The van der Waals surface area contributed by atoms with E-state index in [2.05, 4.69) is 24.9 Å². The zero-order valence-corrected chi connectivity index (χ0v) is 13.8. The van der Waals surface area contributed by atoms with Crippen molar-refractivity contribution in [3.8, 4) is 0 Å². The number of aromatic nitrogens is 4. The van der Waals surface area contributed by atoms with E-state index in [1.54, 1.807) is 6.20 Å². The average Bonchev–Trinajstić information content (AvgIpc) is 3.09. The fraction of sp³-hybridized carbons (Fsp3) is 0.533. The molecule has 23 heavy (non-hydrogen) atoms. The number of nitrogens with one attached hydrogen (secondary N) is 1. The van der Waals surface area contributed by atoms with E-state index >= 15 is 0 Å². The lowest BCUT2D eigenvalue weighted by molar-refractivity contribution is 0.0779. The molecule has 7 nitrogen and oxygen atoms in total. The molecule has 0 saturated carbocycles. The second-order valence-corrected chi connectivity index (χ2v) is 6.16. The molecule has 1 saturated heterocycles. The minimum atomic E-state index is -0.155. The summed E-state index contributed by atoms with van der Waals surface area (Å²) in [5, 5.41) is 6.83. The topological polar surface area (TPSA) is 89.9 Å². The van der Waals surface area contributed by atoms with Crippen LogP contribution in [-0.2, 0) is 17.7 Å². The van der Waals surface area contributed by atoms with Crippen LogP contribution in [0.1, 0.15) is 52.6 Å². The van der Waals surface area contributed by atoms with Crippen LogP contribution < -0.4 is 5.32 Å². The summed E-state index contributed by atoms with van der Waals surface area (Å²) in [6, 6.07) is 1.82. The van der Waals surface area contributed by atoms with Gasteiger partial charge >= 0.3 is 0 Å². The van der Waals surface area contributed by atoms with E-state index in [1.807, 2.05) is 13.0 Å². The Morgan fingerprint density at radius 3 is 3.22 bits per heavy atom. The summed E-state index contributed by atoms with van der Waals surface area (Å²) in [5.74, 6) is 0.889. The molecule has 1 aliphatic rings. The van der Waals surface area contributed by atoms with Crippen LogP contribution >= 0.6 is 11.5 Å². The van der Waals surface area contributed by atoms with Gasteiger partial charge in [-0.3, -0.25) is 4.79 Å². The van der Waals surface area contributed by atoms with E-state index in [-0.39, 0.29) is 11.8 Å². The summed E-state index contributed by atoms with van der Waals surface area (Å²) in [4.78, 5) is 21.7.